The van der Waals surface area contributed by atoms with E-state index in [1.54, 1.807) is 0 Å². The molecule has 0 unspecified atom stereocenters. The van der Waals surface area contributed by atoms with Crippen LogP contribution >= 0.6 is 0 Å². The smallest absolute Gasteiger partial charge is 0.249 e. The third-order valence-electron chi connectivity index (χ3n) is 8.35. The Bertz CT molecular complexity index is 1860. The number of carbonyl (C=O) groups excluding carboxylic acids is 2. The molecule has 0 aliphatic heterocycles. The molecule has 1 fully saturated rings. The molecule has 16 heteroatoms. The molecular formula is C32H33F4N7O4S. The van der Waals surface area contributed by atoms with Crippen LogP contribution in [-0.2, 0) is 32.6 Å². The first-order valence-electron chi connectivity index (χ1n) is 15.2. The lowest BCUT2D eigenvalue weighted by Gasteiger charge is -2.27. The molecule has 2 N–H and O–H groups in total. The average Bonchev–Trinajstić information content (AvgIpc) is 3.59. The Hall–Kier alpha value is -4.70. The molecule has 11 nitrogen and oxygen atoms in total. The van der Waals surface area contributed by atoms with E-state index in [-0.39, 0.29) is 18.8 Å². The van der Waals surface area contributed by atoms with Gasteiger partial charge < -0.3 is 10.2 Å². The topological polar surface area (TPSA) is 141 Å². The van der Waals surface area contributed by atoms with Crippen molar-refractivity contribution in [1.29, 1.82) is 0 Å². The van der Waals surface area contributed by atoms with Gasteiger partial charge >= 0.3 is 0 Å². The summed E-state index contributed by atoms with van der Waals surface area (Å²) in [6.45, 7) is -0.175. The van der Waals surface area contributed by atoms with Gasteiger partial charge in [0.15, 0.2) is 34.0 Å². The van der Waals surface area contributed by atoms with E-state index in [0.29, 0.717) is 27.2 Å². The molecule has 1 aliphatic rings. The molecule has 2 amide bonds. The van der Waals surface area contributed by atoms with Gasteiger partial charge in [0, 0.05) is 24.0 Å². The number of aromatic nitrogens is 4. The number of sulfonamides is 1. The highest BCUT2D eigenvalue weighted by atomic mass is 32.2. The second kappa shape index (κ2) is 14.6. The van der Waals surface area contributed by atoms with E-state index in [0.717, 1.165) is 39.7 Å². The summed E-state index contributed by atoms with van der Waals surface area (Å²) in [6.07, 6.45) is 5.61. The summed E-state index contributed by atoms with van der Waals surface area (Å²) in [5.74, 6) is -8.39. The van der Waals surface area contributed by atoms with Crippen LogP contribution in [0.1, 0.15) is 60.5 Å². The van der Waals surface area contributed by atoms with Crippen molar-refractivity contribution in [2.75, 3.05) is 23.8 Å². The van der Waals surface area contributed by atoms with Gasteiger partial charge in [0.2, 0.25) is 21.8 Å². The molecule has 1 saturated carbocycles. The van der Waals surface area contributed by atoms with Gasteiger partial charge in [-0.3, -0.25) is 9.59 Å². The standard InChI is InChI=1S/C32H33F4N7O4S/c1-19-28(33)30(35)32(31(36)29(19)34)48(46,47)42(2)18-27(45)43(17-20-8-10-22(11-9-20)21-6-4-3-5-7-21)24-14-12-23(13-15-24)37-26(44)16-25-38-40-41-39-25/h8-15,21H,3-7,16-18H2,1-2H3,(H,37,44)(H,38,39,40,41). The predicted octanol–water partition coefficient (Wildman–Crippen LogP) is 5.15. The Balaban J connectivity index is 1.39. The fraction of sp³-hybridized carbons (Fsp3) is 0.344. The molecule has 1 aromatic heterocycles. The molecule has 1 heterocycles. The zero-order chi connectivity index (χ0) is 34.6. The van der Waals surface area contributed by atoms with Crippen LogP contribution in [0, 0.1) is 30.2 Å². The van der Waals surface area contributed by atoms with E-state index in [2.05, 4.69) is 25.9 Å². The number of anilines is 2. The number of benzene rings is 3. The molecule has 0 spiro atoms. The van der Waals surface area contributed by atoms with Crippen molar-refractivity contribution in [1.82, 2.24) is 24.9 Å². The van der Waals surface area contributed by atoms with Gasteiger partial charge in [-0.05, 0) is 71.5 Å². The minimum absolute atomic E-state index is 0.0155. The number of likely N-dealkylation sites (N-methyl/N-ethyl adjacent to an activating group) is 1. The van der Waals surface area contributed by atoms with Crippen molar-refractivity contribution < 1.29 is 35.6 Å². The number of aromatic amines is 1. The average molecular weight is 688 g/mol. The maximum Gasteiger partial charge on any atom is 0.249 e. The summed E-state index contributed by atoms with van der Waals surface area (Å²) in [7, 11) is -4.34. The number of tetrazole rings is 1. The molecule has 0 radical (unpaired) electrons. The number of hydrogen-bond acceptors (Lipinski definition) is 7. The summed E-state index contributed by atoms with van der Waals surface area (Å²) in [5, 5.41) is 15.7. The van der Waals surface area contributed by atoms with E-state index < -0.39 is 62.1 Å². The fourth-order valence-corrected chi connectivity index (χ4v) is 6.86. The van der Waals surface area contributed by atoms with Crippen LogP contribution in [0.25, 0.3) is 0 Å². The number of amides is 2. The highest BCUT2D eigenvalue weighted by Crippen LogP contribution is 2.33. The number of nitrogens with one attached hydrogen (secondary N) is 2. The van der Waals surface area contributed by atoms with Crippen molar-refractivity contribution in [3.05, 3.63) is 94.3 Å². The normalized spacial score (nSPS) is 13.9. The van der Waals surface area contributed by atoms with Crippen LogP contribution < -0.4 is 10.2 Å². The summed E-state index contributed by atoms with van der Waals surface area (Å²) >= 11 is 0. The number of H-pyrrole nitrogens is 1. The maximum absolute atomic E-state index is 14.7. The monoisotopic (exact) mass is 687 g/mol. The Kier molecular flexibility index (Phi) is 10.5. The van der Waals surface area contributed by atoms with E-state index in [1.807, 2.05) is 24.3 Å². The molecule has 4 aromatic rings. The molecule has 254 valence electrons. The van der Waals surface area contributed by atoms with Crippen LogP contribution in [0.5, 0.6) is 0 Å². The van der Waals surface area contributed by atoms with E-state index >= 15 is 0 Å². The lowest BCUT2D eigenvalue weighted by atomic mass is 9.84. The van der Waals surface area contributed by atoms with Crippen LogP contribution in [0.15, 0.2) is 53.4 Å². The molecule has 5 rings (SSSR count). The first-order chi connectivity index (χ1) is 22.9. The highest BCUT2D eigenvalue weighted by molar-refractivity contribution is 7.89. The van der Waals surface area contributed by atoms with Crippen LogP contribution in [0.2, 0.25) is 0 Å². The third kappa shape index (κ3) is 7.54. The largest absolute Gasteiger partial charge is 0.326 e. The summed E-state index contributed by atoms with van der Waals surface area (Å²) in [4.78, 5) is 25.5. The number of nitrogens with zero attached hydrogens (tertiary/aromatic N) is 5. The van der Waals surface area contributed by atoms with Gasteiger partial charge in [0.05, 0.1) is 19.5 Å². The number of rotatable bonds is 11. The number of carbonyl (C=O) groups is 2. The van der Waals surface area contributed by atoms with Crippen LogP contribution in [0.4, 0.5) is 28.9 Å². The van der Waals surface area contributed by atoms with Crippen molar-refractivity contribution in [3.63, 3.8) is 0 Å². The molecular weight excluding hydrogens is 654 g/mol. The second-order valence-corrected chi connectivity index (χ2v) is 13.6. The molecule has 48 heavy (non-hydrogen) atoms. The van der Waals surface area contributed by atoms with Gasteiger partial charge in [-0.2, -0.15) is 4.31 Å². The van der Waals surface area contributed by atoms with Crippen LogP contribution in [-0.4, -0.2) is 58.8 Å². The maximum atomic E-state index is 14.7. The quantitative estimate of drug-likeness (QED) is 0.164. The van der Waals surface area contributed by atoms with Crippen LogP contribution in [0.3, 0.4) is 0 Å². The minimum Gasteiger partial charge on any atom is -0.326 e. The summed E-state index contributed by atoms with van der Waals surface area (Å²) in [6, 6.07) is 13.9. The first kappa shape index (κ1) is 34.6. The van der Waals surface area contributed by atoms with Gasteiger partial charge in [-0.1, -0.05) is 43.5 Å². The summed E-state index contributed by atoms with van der Waals surface area (Å²) in [5.41, 5.74) is 1.58. The van der Waals surface area contributed by atoms with Gasteiger partial charge in [0.25, 0.3) is 0 Å². The van der Waals surface area contributed by atoms with Gasteiger partial charge in [-0.25, -0.2) is 31.1 Å². The fourth-order valence-electron chi connectivity index (χ4n) is 5.64. The SMILES string of the molecule is Cc1c(F)c(F)c(S(=O)(=O)N(C)CC(=O)N(Cc2ccc(C3CCCCC3)cc2)c2ccc(NC(=O)Cc3nnn[nH]3)cc2)c(F)c1F. The third-order valence-corrected chi connectivity index (χ3v) is 10.2. The number of hydrogen-bond donors (Lipinski definition) is 2. The van der Waals surface area contributed by atoms with Crippen molar-refractivity contribution in [2.45, 2.75) is 62.8 Å². The molecule has 3 aromatic carbocycles. The predicted molar refractivity (Wildman–Crippen MR) is 167 cm³/mol. The zero-order valence-electron chi connectivity index (χ0n) is 26.1. The second-order valence-electron chi connectivity index (χ2n) is 11.6. The first-order valence-corrected chi connectivity index (χ1v) is 16.6. The van der Waals surface area contributed by atoms with Crippen molar-refractivity contribution >= 4 is 33.2 Å². The van der Waals surface area contributed by atoms with Crippen molar-refractivity contribution in [2.24, 2.45) is 0 Å². The Morgan fingerprint density at radius 2 is 1.54 bits per heavy atom. The van der Waals surface area contributed by atoms with Gasteiger partial charge in [-0.15, -0.1) is 5.10 Å². The lowest BCUT2D eigenvalue weighted by Crippen LogP contribution is -2.41. The lowest BCUT2D eigenvalue weighted by molar-refractivity contribution is -0.119. The minimum atomic E-state index is -5.21. The Morgan fingerprint density at radius 3 is 2.12 bits per heavy atom. The van der Waals surface area contributed by atoms with Gasteiger partial charge in [0.1, 0.15) is 0 Å². The van der Waals surface area contributed by atoms with E-state index in [4.69, 9.17) is 0 Å². The van der Waals surface area contributed by atoms with E-state index in [1.165, 1.54) is 41.1 Å². The Morgan fingerprint density at radius 1 is 0.917 bits per heavy atom. The molecule has 0 saturated heterocycles. The summed E-state index contributed by atoms with van der Waals surface area (Å²) < 4.78 is 84.6. The molecule has 1 aliphatic carbocycles. The highest BCUT2D eigenvalue weighted by Gasteiger charge is 2.36. The molecule has 0 atom stereocenters. The number of halogens is 4. The Labute approximate surface area is 274 Å². The van der Waals surface area contributed by atoms with E-state index in [9.17, 15) is 35.6 Å². The molecule has 0 bridgehead atoms. The van der Waals surface area contributed by atoms with Crippen molar-refractivity contribution in [3.8, 4) is 0 Å². The zero-order valence-corrected chi connectivity index (χ0v) is 27.0.